The van der Waals surface area contributed by atoms with Crippen molar-refractivity contribution in [2.45, 2.75) is 143 Å². The monoisotopic (exact) mass is 534 g/mol. The van der Waals surface area contributed by atoms with Gasteiger partial charge < -0.3 is 19.3 Å². The van der Waals surface area contributed by atoms with Gasteiger partial charge in [-0.3, -0.25) is 9.59 Å². The van der Waals surface area contributed by atoms with Gasteiger partial charge in [-0.2, -0.15) is 0 Å². The Morgan fingerprint density at radius 3 is 2.05 bits per heavy atom. The van der Waals surface area contributed by atoms with Gasteiger partial charge in [0.2, 0.25) is 6.10 Å². The van der Waals surface area contributed by atoms with Crippen LogP contribution >= 0.6 is 0 Å². The molecule has 4 saturated carbocycles. The summed E-state index contributed by atoms with van der Waals surface area (Å²) in [5.74, 6) is -0.308. The maximum atomic E-state index is 14.1. The van der Waals surface area contributed by atoms with Crippen molar-refractivity contribution in [2.75, 3.05) is 0 Å². The number of carbonyl (C=O) groups is 3. The van der Waals surface area contributed by atoms with Crippen molar-refractivity contribution in [1.82, 2.24) is 0 Å². The van der Waals surface area contributed by atoms with Crippen LogP contribution in [0.15, 0.2) is 0 Å². The number of esters is 3. The predicted molar refractivity (Wildman–Crippen MR) is 143 cm³/mol. The first-order valence-electron chi connectivity index (χ1n) is 14.7. The van der Waals surface area contributed by atoms with E-state index in [-0.39, 0.29) is 23.7 Å². The zero-order valence-corrected chi connectivity index (χ0v) is 25.1. The topological polar surface area (TPSA) is 99.1 Å². The average Bonchev–Trinajstić information content (AvgIpc) is 3.02. The van der Waals surface area contributed by atoms with Crippen molar-refractivity contribution in [3.8, 4) is 0 Å². The zero-order chi connectivity index (χ0) is 28.5. The molecule has 1 heterocycles. The Hall–Kier alpha value is -1.63. The summed E-state index contributed by atoms with van der Waals surface area (Å²) in [6, 6.07) is 0. The van der Waals surface area contributed by atoms with Gasteiger partial charge in [0.25, 0.3) is 0 Å². The lowest BCUT2D eigenvalue weighted by atomic mass is 9.43. The average molecular weight is 535 g/mol. The van der Waals surface area contributed by atoms with E-state index in [1.165, 1.54) is 6.42 Å². The Labute approximate surface area is 228 Å². The SMILES string of the molecule is CCC(C)(CC(C)(C)C(=O)OC1CC(C)(C)OC1=O)C(=O)OC(C)(C(C)C)C12CC3CC(CC(O)(C3)C1)C2. The van der Waals surface area contributed by atoms with E-state index >= 15 is 0 Å². The third-order valence-electron chi connectivity index (χ3n) is 10.7. The number of cyclic esters (lactones) is 1. The fourth-order valence-corrected chi connectivity index (χ4v) is 8.63. The summed E-state index contributed by atoms with van der Waals surface area (Å²) in [6.45, 7) is 17.2. The maximum absolute atomic E-state index is 14.1. The minimum absolute atomic E-state index is 0.0714. The molecule has 7 nitrogen and oxygen atoms in total. The first-order valence-corrected chi connectivity index (χ1v) is 14.7. The largest absolute Gasteiger partial charge is 0.458 e. The van der Waals surface area contributed by atoms with Crippen LogP contribution in [0.5, 0.6) is 0 Å². The summed E-state index contributed by atoms with van der Waals surface area (Å²) in [5, 5.41) is 11.4. The van der Waals surface area contributed by atoms with Crippen molar-refractivity contribution in [3.05, 3.63) is 0 Å². The molecule has 1 saturated heterocycles. The molecule has 5 rings (SSSR count). The van der Waals surface area contributed by atoms with Crippen LogP contribution in [0.3, 0.4) is 0 Å². The van der Waals surface area contributed by atoms with E-state index in [4.69, 9.17) is 14.2 Å². The van der Waals surface area contributed by atoms with Gasteiger partial charge in [0.15, 0.2) is 0 Å². The van der Waals surface area contributed by atoms with Gasteiger partial charge in [-0.15, -0.1) is 0 Å². The first-order chi connectivity index (χ1) is 17.3. The number of rotatable bonds is 9. The smallest absolute Gasteiger partial charge is 0.348 e. The van der Waals surface area contributed by atoms with Gasteiger partial charge in [0.1, 0.15) is 11.2 Å². The van der Waals surface area contributed by atoms with E-state index in [2.05, 4.69) is 20.8 Å². The second kappa shape index (κ2) is 9.21. The van der Waals surface area contributed by atoms with Crippen molar-refractivity contribution < 1.29 is 33.7 Å². The minimum Gasteiger partial charge on any atom is -0.458 e. The molecular weight excluding hydrogens is 484 g/mol. The molecule has 216 valence electrons. The third-order valence-corrected chi connectivity index (χ3v) is 10.7. The molecule has 0 aromatic rings. The van der Waals surface area contributed by atoms with Crippen LogP contribution in [0, 0.1) is 34.0 Å². The molecule has 38 heavy (non-hydrogen) atoms. The molecule has 7 heteroatoms. The first kappa shape index (κ1) is 29.4. The van der Waals surface area contributed by atoms with E-state index in [0.29, 0.717) is 31.1 Å². The second-order valence-corrected chi connectivity index (χ2v) is 15.4. The molecule has 5 aliphatic rings. The summed E-state index contributed by atoms with van der Waals surface area (Å²) in [6.07, 6.45) is 5.67. The molecule has 0 aromatic heterocycles. The number of aliphatic hydroxyl groups is 1. The summed E-state index contributed by atoms with van der Waals surface area (Å²) in [7, 11) is 0. The molecule has 0 spiro atoms. The molecule has 5 unspecified atom stereocenters. The molecule has 4 aliphatic carbocycles. The van der Waals surface area contributed by atoms with Crippen molar-refractivity contribution in [1.29, 1.82) is 0 Å². The predicted octanol–water partition coefficient (Wildman–Crippen LogP) is 5.75. The Morgan fingerprint density at radius 1 is 1.03 bits per heavy atom. The normalized spacial score (nSPS) is 36.9. The van der Waals surface area contributed by atoms with E-state index < -0.39 is 45.7 Å². The Morgan fingerprint density at radius 2 is 1.61 bits per heavy atom. The fourth-order valence-electron chi connectivity index (χ4n) is 8.63. The Bertz CT molecular complexity index is 967. The van der Waals surface area contributed by atoms with Crippen molar-refractivity contribution in [3.63, 3.8) is 0 Å². The molecular formula is C31H50O7. The molecule has 1 aliphatic heterocycles. The molecule has 5 fully saturated rings. The van der Waals surface area contributed by atoms with Gasteiger partial charge in [-0.05, 0) is 111 Å². The van der Waals surface area contributed by atoms with Gasteiger partial charge in [-0.1, -0.05) is 20.8 Å². The third kappa shape index (κ3) is 5.01. The lowest BCUT2D eigenvalue weighted by Crippen LogP contribution is -2.65. The Kier molecular flexibility index (Phi) is 7.11. The molecule has 0 aromatic carbocycles. The van der Waals surface area contributed by atoms with Gasteiger partial charge in [-0.25, -0.2) is 4.79 Å². The van der Waals surface area contributed by atoms with Crippen LogP contribution < -0.4 is 0 Å². The van der Waals surface area contributed by atoms with Crippen LogP contribution in [-0.4, -0.2) is 45.9 Å². The van der Waals surface area contributed by atoms with Crippen LogP contribution in [0.2, 0.25) is 0 Å². The highest BCUT2D eigenvalue weighted by atomic mass is 16.6. The van der Waals surface area contributed by atoms with Gasteiger partial charge >= 0.3 is 17.9 Å². The summed E-state index contributed by atoms with van der Waals surface area (Å²) >= 11 is 0. The van der Waals surface area contributed by atoms with E-state index in [0.717, 1.165) is 25.7 Å². The standard InChI is InChI=1S/C31H50O7/c1-10-28(8,17-26(4,5)24(33)36-22-16-27(6,7)37-23(22)32)25(34)38-29(9,19(2)3)30-12-20-11-21(13-30)15-31(35,14-20)18-30/h19-22,35H,10-18H2,1-9H3. The van der Waals surface area contributed by atoms with Crippen LogP contribution in [-0.2, 0) is 28.6 Å². The fraction of sp³-hybridized carbons (Fsp3) is 0.903. The number of ether oxygens (including phenoxy) is 3. The molecule has 0 amide bonds. The molecule has 0 radical (unpaired) electrons. The summed E-state index contributed by atoms with van der Waals surface area (Å²) in [4.78, 5) is 39.5. The highest BCUT2D eigenvalue weighted by molar-refractivity contribution is 5.84. The van der Waals surface area contributed by atoms with Crippen molar-refractivity contribution >= 4 is 17.9 Å². The number of carbonyl (C=O) groups excluding carboxylic acids is 3. The van der Waals surface area contributed by atoms with Crippen molar-refractivity contribution in [2.24, 2.45) is 34.0 Å². The lowest BCUT2D eigenvalue weighted by Gasteiger charge is -2.65. The van der Waals surface area contributed by atoms with Crippen LogP contribution in [0.4, 0.5) is 0 Å². The number of hydrogen-bond acceptors (Lipinski definition) is 7. The lowest BCUT2D eigenvalue weighted by molar-refractivity contribution is -0.252. The maximum Gasteiger partial charge on any atom is 0.348 e. The zero-order valence-electron chi connectivity index (χ0n) is 25.1. The highest BCUT2D eigenvalue weighted by Crippen LogP contribution is 2.67. The van der Waals surface area contributed by atoms with Gasteiger partial charge in [0.05, 0.1) is 16.4 Å². The number of hydrogen-bond donors (Lipinski definition) is 1. The Balaban J connectivity index is 1.52. The highest BCUT2D eigenvalue weighted by Gasteiger charge is 2.65. The molecule has 1 N–H and O–H groups in total. The molecule has 4 bridgehead atoms. The van der Waals surface area contributed by atoms with Crippen LogP contribution in [0.25, 0.3) is 0 Å². The van der Waals surface area contributed by atoms with E-state index in [1.54, 1.807) is 27.7 Å². The van der Waals surface area contributed by atoms with Crippen LogP contribution in [0.1, 0.15) is 120 Å². The van der Waals surface area contributed by atoms with E-state index in [9.17, 15) is 19.5 Å². The second-order valence-electron chi connectivity index (χ2n) is 15.4. The van der Waals surface area contributed by atoms with E-state index in [1.807, 2.05) is 13.8 Å². The minimum atomic E-state index is -1.01. The molecule has 5 atom stereocenters. The summed E-state index contributed by atoms with van der Waals surface area (Å²) in [5.41, 5.74) is -4.22. The summed E-state index contributed by atoms with van der Waals surface area (Å²) < 4.78 is 17.5. The quantitative estimate of drug-likeness (QED) is 0.297. The van der Waals surface area contributed by atoms with Gasteiger partial charge in [0, 0.05) is 11.8 Å².